The van der Waals surface area contributed by atoms with E-state index in [0.717, 1.165) is 0 Å². The topological polar surface area (TPSA) is 20.3 Å². The minimum absolute atomic E-state index is 0.544. The molecule has 4 heteroatoms. The maximum absolute atomic E-state index is 12.7. The molecule has 13 heavy (non-hydrogen) atoms. The zero-order valence-electron chi connectivity index (χ0n) is 7.74. The minimum atomic E-state index is -2.66. The Morgan fingerprint density at radius 1 is 1.31 bits per heavy atom. The monoisotopic (exact) mass is 202 g/mol. The van der Waals surface area contributed by atoms with Crippen molar-refractivity contribution >= 4 is 10.1 Å². The number of rotatable bonds is 3. The van der Waals surface area contributed by atoms with Crippen LogP contribution in [-0.2, 0) is 14.3 Å². The van der Waals surface area contributed by atoms with Crippen LogP contribution in [0, 0.1) is 0 Å². The Morgan fingerprint density at radius 3 is 2.23 bits per heavy atom. The van der Waals surface area contributed by atoms with Crippen molar-refractivity contribution in [2.75, 3.05) is 20.1 Å². The molecular weight excluding hydrogens is 189 g/mol. The Morgan fingerprint density at radius 2 is 1.85 bits per heavy atom. The van der Waals surface area contributed by atoms with Gasteiger partial charge in [0.25, 0.3) is 6.01 Å². The van der Waals surface area contributed by atoms with Crippen LogP contribution in [0.3, 0.4) is 0 Å². The largest absolute Gasteiger partial charge is 0.272 e. The van der Waals surface area contributed by atoms with Gasteiger partial charge in [-0.05, 0) is 12.1 Å². The summed E-state index contributed by atoms with van der Waals surface area (Å²) in [5, 5.41) is 0. The molecule has 0 aromatic heterocycles. The summed E-state index contributed by atoms with van der Waals surface area (Å²) in [5.41, 5.74) is 0. The summed E-state index contributed by atoms with van der Waals surface area (Å²) in [5.74, 6) is 0. The molecule has 0 spiro atoms. The van der Waals surface area contributed by atoms with Crippen LogP contribution >= 0.6 is 0 Å². The molecule has 2 nitrogen and oxygen atoms in total. The summed E-state index contributed by atoms with van der Waals surface area (Å²) >= 11 is 0. The van der Waals surface area contributed by atoms with Gasteiger partial charge in [0.05, 0.1) is 0 Å². The molecule has 0 saturated carbocycles. The Labute approximate surface area is 78.9 Å². The zero-order valence-corrected chi connectivity index (χ0v) is 8.55. The SMILES string of the molecule is CN(C)[S+](=O)(CF)c1ccccc1. The Hall–Kier alpha value is -0.740. The van der Waals surface area contributed by atoms with Crippen molar-refractivity contribution < 1.29 is 8.60 Å². The van der Waals surface area contributed by atoms with E-state index in [1.54, 1.807) is 38.4 Å². The number of halogens is 1. The number of nitrogens with zero attached hydrogens (tertiary/aromatic N) is 1. The Kier molecular flexibility index (Phi) is 3.17. The van der Waals surface area contributed by atoms with Crippen molar-refractivity contribution in [2.45, 2.75) is 4.90 Å². The summed E-state index contributed by atoms with van der Waals surface area (Å²) < 4.78 is 26.1. The van der Waals surface area contributed by atoms with Gasteiger partial charge >= 0.3 is 0 Å². The first-order valence-corrected chi connectivity index (χ1v) is 5.60. The molecule has 1 atom stereocenters. The average Bonchev–Trinajstić information content (AvgIpc) is 2.17. The van der Waals surface area contributed by atoms with Crippen molar-refractivity contribution in [3.05, 3.63) is 30.3 Å². The standard InChI is InChI=1S/C9H13FNOS/c1-11(2)13(12,8-10)9-6-4-3-5-7-9/h3-7H,8H2,1-2H3/q+1. The minimum Gasteiger partial charge on any atom is -0.191 e. The predicted octanol–water partition coefficient (Wildman–Crippen LogP) is 1.95. The molecule has 0 aliphatic heterocycles. The van der Waals surface area contributed by atoms with E-state index in [0.29, 0.717) is 4.90 Å². The van der Waals surface area contributed by atoms with Gasteiger partial charge in [-0.3, -0.25) is 0 Å². The van der Waals surface area contributed by atoms with E-state index in [1.165, 1.54) is 4.31 Å². The smallest absolute Gasteiger partial charge is 0.191 e. The normalized spacial score (nSPS) is 15.7. The van der Waals surface area contributed by atoms with Crippen molar-refractivity contribution in [1.29, 1.82) is 0 Å². The fraction of sp³-hybridized carbons (Fsp3) is 0.333. The highest BCUT2D eigenvalue weighted by Crippen LogP contribution is 2.21. The Bertz CT molecular complexity index is 313. The van der Waals surface area contributed by atoms with Crippen molar-refractivity contribution in [3.8, 4) is 0 Å². The number of hydrogen-bond donors (Lipinski definition) is 0. The highest BCUT2D eigenvalue weighted by Gasteiger charge is 2.34. The molecule has 0 bridgehead atoms. The summed E-state index contributed by atoms with van der Waals surface area (Å²) in [6.07, 6.45) is 0. The lowest BCUT2D eigenvalue weighted by Gasteiger charge is -2.13. The Balaban J connectivity index is 3.12. The molecular formula is C9H13FNOS+. The third-order valence-corrected chi connectivity index (χ3v) is 4.33. The van der Waals surface area contributed by atoms with Crippen LogP contribution in [-0.4, -0.2) is 24.4 Å². The summed E-state index contributed by atoms with van der Waals surface area (Å²) in [6.45, 7) is 0. The highest BCUT2D eigenvalue weighted by molar-refractivity contribution is 8.00. The molecule has 0 aliphatic rings. The molecule has 0 radical (unpaired) electrons. The first-order valence-electron chi connectivity index (χ1n) is 3.91. The second-order valence-corrected chi connectivity index (χ2v) is 5.58. The summed E-state index contributed by atoms with van der Waals surface area (Å²) in [4.78, 5) is 0.544. The van der Waals surface area contributed by atoms with Crippen molar-refractivity contribution in [1.82, 2.24) is 4.31 Å². The second-order valence-electron chi connectivity index (χ2n) is 2.87. The van der Waals surface area contributed by atoms with E-state index in [1.807, 2.05) is 6.07 Å². The van der Waals surface area contributed by atoms with Crippen molar-refractivity contribution in [3.63, 3.8) is 0 Å². The van der Waals surface area contributed by atoms with Crippen LogP contribution in [0.15, 0.2) is 35.2 Å². The van der Waals surface area contributed by atoms with Crippen LogP contribution in [0.2, 0.25) is 0 Å². The highest BCUT2D eigenvalue weighted by atomic mass is 32.3. The van der Waals surface area contributed by atoms with Crippen LogP contribution in [0.5, 0.6) is 0 Å². The van der Waals surface area contributed by atoms with E-state index in [-0.39, 0.29) is 0 Å². The van der Waals surface area contributed by atoms with Gasteiger partial charge in [0, 0.05) is 14.1 Å². The maximum Gasteiger partial charge on any atom is 0.272 e. The van der Waals surface area contributed by atoms with Crippen molar-refractivity contribution in [2.24, 2.45) is 0 Å². The predicted molar refractivity (Wildman–Crippen MR) is 52.4 cm³/mol. The van der Waals surface area contributed by atoms with Crippen LogP contribution < -0.4 is 0 Å². The molecule has 0 aliphatic carbocycles. The van der Waals surface area contributed by atoms with Gasteiger partial charge in [-0.2, -0.15) is 4.39 Å². The second kappa shape index (κ2) is 3.98. The van der Waals surface area contributed by atoms with E-state index in [2.05, 4.69) is 0 Å². The summed E-state index contributed by atoms with van der Waals surface area (Å²) in [6, 6.07) is 7.85. The third-order valence-electron chi connectivity index (χ3n) is 1.85. The third kappa shape index (κ3) is 1.95. The van der Waals surface area contributed by atoms with Gasteiger partial charge < -0.3 is 0 Å². The number of hydrogen-bond acceptors (Lipinski definition) is 1. The molecule has 72 valence electrons. The number of benzene rings is 1. The molecule has 0 N–H and O–H groups in total. The molecule has 1 unspecified atom stereocenters. The lowest BCUT2D eigenvalue weighted by atomic mass is 10.4. The fourth-order valence-electron chi connectivity index (χ4n) is 1.00. The van der Waals surface area contributed by atoms with E-state index in [9.17, 15) is 8.60 Å². The first-order chi connectivity index (χ1) is 6.11. The van der Waals surface area contributed by atoms with Gasteiger partial charge in [0.2, 0.25) is 10.1 Å². The molecule has 1 rings (SSSR count). The molecule has 1 aromatic rings. The zero-order chi connectivity index (χ0) is 9.90. The molecule has 0 heterocycles. The molecule has 1 aromatic carbocycles. The van der Waals surface area contributed by atoms with Crippen LogP contribution in [0.1, 0.15) is 0 Å². The van der Waals surface area contributed by atoms with Crippen LogP contribution in [0.25, 0.3) is 0 Å². The van der Waals surface area contributed by atoms with E-state index in [4.69, 9.17) is 0 Å². The first kappa shape index (κ1) is 10.3. The quantitative estimate of drug-likeness (QED) is 0.686. The molecule has 0 saturated heterocycles. The van der Waals surface area contributed by atoms with Gasteiger partial charge in [-0.15, -0.1) is 4.31 Å². The number of alkyl halides is 1. The van der Waals surface area contributed by atoms with E-state index < -0.39 is 16.1 Å². The van der Waals surface area contributed by atoms with Gasteiger partial charge in [-0.25, -0.2) is 0 Å². The van der Waals surface area contributed by atoms with E-state index >= 15 is 0 Å². The average molecular weight is 202 g/mol. The van der Waals surface area contributed by atoms with Gasteiger partial charge in [0.1, 0.15) is 0 Å². The summed E-state index contributed by atoms with van der Waals surface area (Å²) in [7, 11) is 0.584. The lowest BCUT2D eigenvalue weighted by molar-refractivity contribution is 0.491. The maximum atomic E-state index is 12.7. The molecule has 0 amide bonds. The lowest BCUT2D eigenvalue weighted by Crippen LogP contribution is -2.31. The van der Waals surface area contributed by atoms with Gasteiger partial charge in [0.15, 0.2) is 4.90 Å². The van der Waals surface area contributed by atoms with Crippen LogP contribution in [0.4, 0.5) is 4.39 Å². The fourth-order valence-corrected chi connectivity index (χ4v) is 2.33. The van der Waals surface area contributed by atoms with Gasteiger partial charge in [-0.1, -0.05) is 22.4 Å². The molecule has 0 fully saturated rings.